The fraction of sp³-hybridized carbons (Fsp3) is 0.250. The number of rotatable bonds is 3. The third kappa shape index (κ3) is 3.99. The van der Waals surface area contributed by atoms with Gasteiger partial charge in [-0.05, 0) is 30.7 Å². The van der Waals surface area contributed by atoms with Gasteiger partial charge in [-0.3, -0.25) is 4.79 Å². The molecule has 4 nitrogen and oxygen atoms in total. The van der Waals surface area contributed by atoms with Gasteiger partial charge >= 0.3 is 0 Å². The lowest BCUT2D eigenvalue weighted by molar-refractivity contribution is -0.129. The summed E-state index contributed by atoms with van der Waals surface area (Å²) in [4.78, 5) is 14.0. The Kier molecular flexibility index (Phi) is 5.03. The summed E-state index contributed by atoms with van der Waals surface area (Å²) in [6.45, 7) is 2.46. The first-order valence-corrected chi connectivity index (χ1v) is 8.12. The minimum Gasteiger partial charge on any atom is -0.497 e. The highest BCUT2D eigenvalue weighted by molar-refractivity contribution is 5.95. The Morgan fingerprint density at radius 1 is 1.28 bits per heavy atom. The second-order valence-electron chi connectivity index (χ2n) is 5.99. The summed E-state index contributed by atoms with van der Waals surface area (Å²) < 4.78 is 25.5. The van der Waals surface area contributed by atoms with Gasteiger partial charge in [-0.2, -0.15) is 0 Å². The molecule has 1 unspecified atom stereocenters. The van der Waals surface area contributed by atoms with Crippen LogP contribution >= 0.6 is 0 Å². The van der Waals surface area contributed by atoms with Crippen LogP contribution in [0.1, 0.15) is 18.1 Å². The number of carbonyl (C=O) groups is 1. The summed E-state index contributed by atoms with van der Waals surface area (Å²) in [7, 11) is 1.58. The Hall–Kier alpha value is -2.82. The number of fused-ring (bicyclic) bond motifs is 1. The van der Waals surface area contributed by atoms with Gasteiger partial charge < -0.3 is 14.4 Å². The first kappa shape index (κ1) is 17.0. The minimum absolute atomic E-state index is 0.248. The van der Waals surface area contributed by atoms with Crippen molar-refractivity contribution in [3.05, 3.63) is 65.5 Å². The standard InChI is InChI=1S/C20H20FNO3/c1-14-12-22(13-16-8-9-17(24-2)11-19(16)25-14)20(23)18(21)10-15-6-4-3-5-7-15/h3-11,14H,12-13H2,1-2H3/b18-10-. The average Bonchev–Trinajstić information content (AvgIpc) is 2.79. The van der Waals surface area contributed by atoms with E-state index in [9.17, 15) is 9.18 Å². The summed E-state index contributed by atoms with van der Waals surface area (Å²) in [5.41, 5.74) is 1.48. The van der Waals surface area contributed by atoms with Crippen LogP contribution in [-0.2, 0) is 11.3 Å². The van der Waals surface area contributed by atoms with Crippen molar-refractivity contribution in [1.82, 2.24) is 4.90 Å². The molecule has 2 aromatic rings. The van der Waals surface area contributed by atoms with Gasteiger partial charge in [-0.15, -0.1) is 0 Å². The van der Waals surface area contributed by atoms with Gasteiger partial charge in [-0.1, -0.05) is 30.3 Å². The van der Waals surface area contributed by atoms with E-state index in [1.165, 1.54) is 11.0 Å². The molecule has 25 heavy (non-hydrogen) atoms. The maximum atomic E-state index is 14.4. The molecule has 1 atom stereocenters. The van der Waals surface area contributed by atoms with Crippen LogP contribution in [0.2, 0.25) is 0 Å². The number of benzene rings is 2. The average molecular weight is 341 g/mol. The molecule has 1 aliphatic heterocycles. The number of ether oxygens (including phenoxy) is 2. The Morgan fingerprint density at radius 2 is 2.04 bits per heavy atom. The fourth-order valence-corrected chi connectivity index (χ4v) is 2.80. The molecule has 1 heterocycles. The van der Waals surface area contributed by atoms with E-state index in [-0.39, 0.29) is 6.10 Å². The van der Waals surface area contributed by atoms with Crippen molar-refractivity contribution in [2.45, 2.75) is 19.6 Å². The van der Waals surface area contributed by atoms with Crippen LogP contribution in [0.25, 0.3) is 6.08 Å². The fourth-order valence-electron chi connectivity index (χ4n) is 2.80. The van der Waals surface area contributed by atoms with E-state index >= 15 is 0 Å². The predicted octanol–water partition coefficient (Wildman–Crippen LogP) is 3.82. The maximum absolute atomic E-state index is 14.4. The molecule has 2 aromatic carbocycles. The number of halogens is 1. The highest BCUT2D eigenvalue weighted by Gasteiger charge is 2.26. The quantitative estimate of drug-likeness (QED) is 0.797. The molecular weight excluding hydrogens is 321 g/mol. The Bertz CT molecular complexity index is 789. The van der Waals surface area contributed by atoms with Crippen molar-refractivity contribution in [2.24, 2.45) is 0 Å². The normalized spacial score (nSPS) is 17.3. The van der Waals surface area contributed by atoms with Gasteiger partial charge in [0.05, 0.1) is 13.7 Å². The molecule has 0 N–H and O–H groups in total. The SMILES string of the molecule is COc1ccc2c(c1)OC(C)CN(C(=O)/C(F)=C/c1ccccc1)C2. The second-order valence-corrected chi connectivity index (χ2v) is 5.99. The van der Waals surface area contributed by atoms with Crippen molar-refractivity contribution in [3.63, 3.8) is 0 Å². The van der Waals surface area contributed by atoms with Crippen molar-refractivity contribution in [1.29, 1.82) is 0 Å². The van der Waals surface area contributed by atoms with E-state index in [0.29, 0.717) is 30.2 Å². The Morgan fingerprint density at radius 3 is 2.76 bits per heavy atom. The molecule has 0 saturated heterocycles. The van der Waals surface area contributed by atoms with Crippen LogP contribution in [0.5, 0.6) is 11.5 Å². The van der Waals surface area contributed by atoms with Crippen LogP contribution in [0.3, 0.4) is 0 Å². The summed E-state index contributed by atoms with van der Waals surface area (Å²) in [6, 6.07) is 14.4. The van der Waals surface area contributed by atoms with Crippen molar-refractivity contribution < 1.29 is 18.7 Å². The molecule has 0 aliphatic carbocycles. The molecular formula is C20H20FNO3. The smallest absolute Gasteiger partial charge is 0.283 e. The number of hydrogen-bond donors (Lipinski definition) is 0. The number of amides is 1. The maximum Gasteiger partial charge on any atom is 0.283 e. The van der Waals surface area contributed by atoms with Gasteiger partial charge in [0.2, 0.25) is 0 Å². The third-order valence-corrected chi connectivity index (χ3v) is 4.03. The van der Waals surface area contributed by atoms with Crippen molar-refractivity contribution in [2.75, 3.05) is 13.7 Å². The first-order valence-electron chi connectivity index (χ1n) is 8.12. The Balaban J connectivity index is 1.84. The predicted molar refractivity (Wildman–Crippen MR) is 94.0 cm³/mol. The molecule has 0 spiro atoms. The summed E-state index contributed by atoms with van der Waals surface area (Å²) in [5.74, 6) is -0.0752. The largest absolute Gasteiger partial charge is 0.497 e. The van der Waals surface area contributed by atoms with Crippen LogP contribution in [0.15, 0.2) is 54.4 Å². The topological polar surface area (TPSA) is 38.8 Å². The van der Waals surface area contributed by atoms with Gasteiger partial charge in [0.1, 0.15) is 17.6 Å². The van der Waals surface area contributed by atoms with Gasteiger partial charge in [-0.25, -0.2) is 4.39 Å². The van der Waals surface area contributed by atoms with Crippen LogP contribution < -0.4 is 9.47 Å². The molecule has 3 rings (SSSR count). The lowest BCUT2D eigenvalue weighted by Gasteiger charge is -2.21. The molecule has 130 valence electrons. The number of methoxy groups -OCH3 is 1. The molecule has 0 aromatic heterocycles. The van der Waals surface area contributed by atoms with Crippen LogP contribution in [0, 0.1) is 0 Å². The van der Waals surface area contributed by atoms with E-state index in [1.54, 1.807) is 43.5 Å². The van der Waals surface area contributed by atoms with E-state index in [4.69, 9.17) is 9.47 Å². The highest BCUT2D eigenvalue weighted by atomic mass is 19.1. The second kappa shape index (κ2) is 7.38. The molecule has 0 bridgehead atoms. The summed E-state index contributed by atoms with van der Waals surface area (Å²) in [5, 5.41) is 0. The number of nitrogens with zero attached hydrogens (tertiary/aromatic N) is 1. The zero-order valence-electron chi connectivity index (χ0n) is 14.2. The first-order chi connectivity index (χ1) is 12.1. The van der Waals surface area contributed by atoms with E-state index in [0.717, 1.165) is 5.56 Å². The van der Waals surface area contributed by atoms with Gasteiger partial charge in [0, 0.05) is 18.2 Å². The zero-order valence-corrected chi connectivity index (χ0v) is 14.2. The molecule has 0 radical (unpaired) electrons. The molecule has 1 aliphatic rings. The van der Waals surface area contributed by atoms with Crippen LogP contribution in [-0.4, -0.2) is 30.6 Å². The van der Waals surface area contributed by atoms with E-state index < -0.39 is 11.7 Å². The van der Waals surface area contributed by atoms with E-state index in [2.05, 4.69) is 0 Å². The third-order valence-electron chi connectivity index (χ3n) is 4.03. The monoisotopic (exact) mass is 341 g/mol. The zero-order chi connectivity index (χ0) is 17.8. The van der Waals surface area contributed by atoms with Gasteiger partial charge in [0.15, 0.2) is 5.83 Å². The highest BCUT2D eigenvalue weighted by Crippen LogP contribution is 2.30. The minimum atomic E-state index is -0.782. The van der Waals surface area contributed by atoms with Crippen molar-refractivity contribution >= 4 is 12.0 Å². The molecule has 5 heteroatoms. The lowest BCUT2D eigenvalue weighted by Crippen LogP contribution is -2.36. The van der Waals surface area contributed by atoms with Crippen molar-refractivity contribution in [3.8, 4) is 11.5 Å². The van der Waals surface area contributed by atoms with Gasteiger partial charge in [0.25, 0.3) is 5.91 Å². The lowest BCUT2D eigenvalue weighted by atomic mass is 10.1. The summed E-state index contributed by atoms with van der Waals surface area (Å²) >= 11 is 0. The molecule has 1 amide bonds. The number of hydrogen-bond acceptors (Lipinski definition) is 3. The van der Waals surface area contributed by atoms with Crippen LogP contribution in [0.4, 0.5) is 4.39 Å². The molecule has 0 saturated carbocycles. The Labute approximate surface area is 146 Å². The number of carbonyl (C=O) groups excluding carboxylic acids is 1. The summed E-state index contributed by atoms with van der Waals surface area (Å²) in [6.07, 6.45) is 1.01. The molecule has 0 fully saturated rings. The van der Waals surface area contributed by atoms with E-state index in [1.807, 2.05) is 19.1 Å².